The summed E-state index contributed by atoms with van der Waals surface area (Å²) in [5.41, 5.74) is -0.184. The lowest BCUT2D eigenvalue weighted by molar-refractivity contribution is -0.141. The molecule has 0 N–H and O–H groups in total. The molecule has 0 aromatic carbocycles. The molecule has 2 heterocycles. The van der Waals surface area contributed by atoms with Gasteiger partial charge in [-0.05, 0) is 25.5 Å². The zero-order chi connectivity index (χ0) is 16.3. The summed E-state index contributed by atoms with van der Waals surface area (Å²) in [5, 5.41) is 8.04. The van der Waals surface area contributed by atoms with Crippen molar-refractivity contribution in [2.75, 3.05) is 0 Å². The summed E-state index contributed by atoms with van der Waals surface area (Å²) in [7, 11) is 1.74. The molecule has 0 bridgehead atoms. The largest absolute Gasteiger partial charge is 0.433 e. The summed E-state index contributed by atoms with van der Waals surface area (Å²) in [5.74, 6) is 1.14. The fourth-order valence-electron chi connectivity index (χ4n) is 2.11. The molecule has 0 saturated carbocycles. The molecule has 2 rings (SSSR count). The molecule has 0 aliphatic heterocycles. The van der Waals surface area contributed by atoms with E-state index in [2.05, 4.69) is 15.2 Å². The Bertz CT molecular complexity index is 679. The van der Waals surface area contributed by atoms with Crippen molar-refractivity contribution in [1.82, 2.24) is 19.7 Å². The van der Waals surface area contributed by atoms with Crippen LogP contribution in [0.25, 0.3) is 11.4 Å². The van der Waals surface area contributed by atoms with E-state index in [0.29, 0.717) is 36.5 Å². The van der Waals surface area contributed by atoms with Gasteiger partial charge in [-0.25, -0.2) is 4.98 Å². The monoisotopic (exact) mass is 312 g/mol. The van der Waals surface area contributed by atoms with Gasteiger partial charge < -0.3 is 9.36 Å². The summed E-state index contributed by atoms with van der Waals surface area (Å²) in [6.45, 7) is 1.51. The Hall–Kier alpha value is -2.25. The van der Waals surface area contributed by atoms with Crippen LogP contribution in [0, 0.1) is 6.92 Å². The minimum Gasteiger partial charge on any atom is -0.314 e. The maximum Gasteiger partial charge on any atom is 0.433 e. The van der Waals surface area contributed by atoms with Crippen molar-refractivity contribution in [3.05, 3.63) is 29.3 Å². The Morgan fingerprint density at radius 2 is 2.00 bits per heavy atom. The molecule has 0 aliphatic rings. The number of aldehydes is 1. The summed E-state index contributed by atoms with van der Waals surface area (Å²) in [6, 6.07) is 2.29. The molecule has 118 valence electrons. The van der Waals surface area contributed by atoms with Crippen LogP contribution in [-0.4, -0.2) is 26.0 Å². The summed E-state index contributed by atoms with van der Waals surface area (Å²) >= 11 is 0. The average Bonchev–Trinajstić information content (AvgIpc) is 2.80. The van der Waals surface area contributed by atoms with Gasteiger partial charge in [0.05, 0.1) is 0 Å². The molecule has 22 heavy (non-hydrogen) atoms. The Kier molecular flexibility index (Phi) is 4.58. The second-order valence-electron chi connectivity index (χ2n) is 4.88. The Labute approximate surface area is 125 Å². The first kappa shape index (κ1) is 16.1. The first-order chi connectivity index (χ1) is 10.3. The van der Waals surface area contributed by atoms with Crippen LogP contribution in [0.1, 0.15) is 30.1 Å². The molecule has 0 fully saturated rings. The molecule has 0 unspecified atom stereocenters. The molecular formula is C14H15F3N4O. The number of rotatable bonds is 5. The highest BCUT2D eigenvalue weighted by atomic mass is 19.4. The molecule has 0 aliphatic carbocycles. The first-order valence-corrected chi connectivity index (χ1v) is 6.71. The van der Waals surface area contributed by atoms with Crippen molar-refractivity contribution in [3.8, 4) is 11.4 Å². The van der Waals surface area contributed by atoms with Crippen LogP contribution in [-0.2, 0) is 24.4 Å². The lowest BCUT2D eigenvalue weighted by Gasteiger charge is -2.10. The quantitative estimate of drug-likeness (QED) is 0.629. The predicted octanol–water partition coefficient (Wildman–Crippen LogP) is 2.73. The number of carbonyl (C=O) groups excluding carboxylic acids is 1. The molecular weight excluding hydrogens is 297 g/mol. The number of alkyl halides is 3. The minimum absolute atomic E-state index is 0.241. The van der Waals surface area contributed by atoms with Crippen LogP contribution in [0.15, 0.2) is 12.1 Å². The number of aryl methyl sites for hydroxylation is 2. The fraction of sp³-hybridized carbons (Fsp3) is 0.429. The Morgan fingerprint density at radius 3 is 2.59 bits per heavy atom. The first-order valence-electron chi connectivity index (χ1n) is 6.71. The van der Waals surface area contributed by atoms with Gasteiger partial charge in [-0.2, -0.15) is 13.2 Å². The topological polar surface area (TPSA) is 60.7 Å². The number of hydrogen-bond acceptors (Lipinski definition) is 4. The number of unbranched alkanes of at least 4 members (excludes halogenated alkanes) is 1. The highest BCUT2D eigenvalue weighted by molar-refractivity contribution is 5.58. The number of carbonyl (C=O) groups is 1. The Morgan fingerprint density at radius 1 is 1.27 bits per heavy atom. The number of halogens is 3. The van der Waals surface area contributed by atoms with E-state index in [1.54, 1.807) is 11.6 Å². The smallest absolute Gasteiger partial charge is 0.314 e. The van der Waals surface area contributed by atoms with Crippen molar-refractivity contribution in [2.45, 2.75) is 32.4 Å². The van der Waals surface area contributed by atoms with Crippen molar-refractivity contribution >= 4 is 6.29 Å². The lowest BCUT2D eigenvalue weighted by Crippen LogP contribution is -2.09. The molecule has 8 heteroatoms. The van der Waals surface area contributed by atoms with Gasteiger partial charge in [-0.15, -0.1) is 10.2 Å². The molecule has 0 atom stereocenters. The molecule has 0 amide bonds. The molecule has 0 radical (unpaired) electrons. The van der Waals surface area contributed by atoms with Crippen LogP contribution in [0.2, 0.25) is 0 Å². The summed E-state index contributed by atoms with van der Waals surface area (Å²) < 4.78 is 39.6. The molecule has 2 aromatic rings. The van der Waals surface area contributed by atoms with Crippen LogP contribution in [0.4, 0.5) is 13.2 Å². The van der Waals surface area contributed by atoms with E-state index in [1.807, 2.05) is 0 Å². The highest BCUT2D eigenvalue weighted by Gasteiger charge is 2.33. The normalized spacial score (nSPS) is 11.7. The molecule has 5 nitrogen and oxygen atoms in total. The van der Waals surface area contributed by atoms with E-state index in [9.17, 15) is 18.0 Å². The van der Waals surface area contributed by atoms with Crippen molar-refractivity contribution in [2.24, 2.45) is 7.05 Å². The highest BCUT2D eigenvalue weighted by Crippen LogP contribution is 2.30. The molecule has 0 spiro atoms. The van der Waals surface area contributed by atoms with Crippen LogP contribution in [0.3, 0.4) is 0 Å². The van der Waals surface area contributed by atoms with E-state index in [4.69, 9.17) is 0 Å². The number of pyridine rings is 1. The van der Waals surface area contributed by atoms with E-state index in [-0.39, 0.29) is 5.69 Å². The van der Waals surface area contributed by atoms with E-state index >= 15 is 0 Å². The van der Waals surface area contributed by atoms with Gasteiger partial charge in [-0.1, -0.05) is 0 Å². The van der Waals surface area contributed by atoms with Gasteiger partial charge >= 0.3 is 6.18 Å². The molecule has 2 aromatic heterocycles. The average molecular weight is 312 g/mol. The number of aromatic nitrogens is 4. The third-order valence-electron chi connectivity index (χ3n) is 3.30. The van der Waals surface area contributed by atoms with Crippen LogP contribution < -0.4 is 0 Å². The van der Waals surface area contributed by atoms with Gasteiger partial charge in [0.15, 0.2) is 5.82 Å². The van der Waals surface area contributed by atoms with Crippen LogP contribution >= 0.6 is 0 Å². The standard InChI is InChI=1S/C14H15F3N4O/c1-9-10(6-7-11(18-9)14(15,16)17)13-20-19-12(21(13)2)5-3-4-8-22/h6-8H,3-5H2,1-2H3. The minimum atomic E-state index is -4.47. The second-order valence-corrected chi connectivity index (χ2v) is 4.88. The lowest BCUT2D eigenvalue weighted by atomic mass is 10.1. The van der Waals surface area contributed by atoms with E-state index in [1.165, 1.54) is 13.0 Å². The second kappa shape index (κ2) is 6.25. The number of hydrogen-bond donors (Lipinski definition) is 0. The van der Waals surface area contributed by atoms with Crippen molar-refractivity contribution in [3.63, 3.8) is 0 Å². The maximum absolute atomic E-state index is 12.6. The van der Waals surface area contributed by atoms with Gasteiger partial charge in [-0.3, -0.25) is 0 Å². The number of nitrogens with zero attached hydrogens (tertiary/aromatic N) is 4. The van der Waals surface area contributed by atoms with Crippen LogP contribution in [0.5, 0.6) is 0 Å². The maximum atomic E-state index is 12.6. The van der Waals surface area contributed by atoms with Crippen molar-refractivity contribution in [1.29, 1.82) is 0 Å². The third-order valence-corrected chi connectivity index (χ3v) is 3.30. The van der Waals surface area contributed by atoms with Gasteiger partial charge in [0, 0.05) is 31.1 Å². The van der Waals surface area contributed by atoms with E-state index in [0.717, 1.165) is 12.4 Å². The van der Waals surface area contributed by atoms with Crippen molar-refractivity contribution < 1.29 is 18.0 Å². The predicted molar refractivity (Wildman–Crippen MR) is 73.0 cm³/mol. The summed E-state index contributed by atoms with van der Waals surface area (Å²) in [4.78, 5) is 13.9. The zero-order valence-electron chi connectivity index (χ0n) is 12.2. The van der Waals surface area contributed by atoms with E-state index < -0.39 is 11.9 Å². The zero-order valence-corrected chi connectivity index (χ0v) is 12.2. The van der Waals surface area contributed by atoms with Gasteiger partial charge in [0.2, 0.25) is 0 Å². The third kappa shape index (κ3) is 3.32. The summed E-state index contributed by atoms with van der Waals surface area (Å²) in [6.07, 6.45) is -1.97. The fourth-order valence-corrected chi connectivity index (χ4v) is 2.11. The SMILES string of the molecule is Cc1nc(C(F)(F)F)ccc1-c1nnc(CCCC=O)n1C. The van der Waals surface area contributed by atoms with Gasteiger partial charge in [0.1, 0.15) is 17.8 Å². The van der Waals surface area contributed by atoms with Gasteiger partial charge in [0.25, 0.3) is 0 Å². The molecule has 0 saturated heterocycles. The Balaban J connectivity index is 2.31.